The molecule has 0 atom stereocenters. The molecule has 3 nitrogen and oxygen atoms in total. The average Bonchev–Trinajstić information content (AvgIpc) is 2.72. The molecule has 0 saturated carbocycles. The first-order chi connectivity index (χ1) is 7.99. The van der Waals surface area contributed by atoms with E-state index in [1.54, 1.807) is 0 Å². The van der Waals surface area contributed by atoms with Gasteiger partial charge < -0.3 is 9.52 Å². The molecule has 0 spiro atoms. The zero-order valence-electron chi connectivity index (χ0n) is 8.21. The van der Waals surface area contributed by atoms with Crippen LogP contribution in [0.15, 0.2) is 28.7 Å². The molecule has 88 valence electrons. The summed E-state index contributed by atoms with van der Waals surface area (Å²) < 4.78 is 30.8. The molecule has 0 aliphatic rings. The van der Waals surface area contributed by atoms with E-state index < -0.39 is 17.6 Å². The molecule has 0 aliphatic carbocycles. The molecule has 1 aromatic carbocycles. The van der Waals surface area contributed by atoms with E-state index in [2.05, 4.69) is 0 Å². The van der Waals surface area contributed by atoms with Crippen LogP contribution < -0.4 is 0 Å². The predicted molar refractivity (Wildman–Crippen MR) is 56.0 cm³/mol. The normalized spacial score (nSPS) is 10.5. The molecule has 0 radical (unpaired) electrons. The van der Waals surface area contributed by atoms with E-state index >= 15 is 0 Å². The summed E-state index contributed by atoms with van der Waals surface area (Å²) in [5.41, 5.74) is 0.0954. The molecule has 0 saturated heterocycles. The van der Waals surface area contributed by atoms with Gasteiger partial charge in [0.05, 0.1) is 5.02 Å². The second-order valence-electron chi connectivity index (χ2n) is 3.22. The molecule has 0 amide bonds. The van der Waals surface area contributed by atoms with Gasteiger partial charge in [-0.25, -0.2) is 13.6 Å². The topological polar surface area (TPSA) is 50.4 Å². The molecule has 1 N–H and O–H groups in total. The number of carboxylic acids is 1. The third kappa shape index (κ3) is 2.14. The quantitative estimate of drug-likeness (QED) is 0.838. The second-order valence-corrected chi connectivity index (χ2v) is 3.62. The van der Waals surface area contributed by atoms with Gasteiger partial charge in [0.2, 0.25) is 5.76 Å². The van der Waals surface area contributed by atoms with Gasteiger partial charge in [-0.2, -0.15) is 0 Å². The lowest BCUT2D eigenvalue weighted by Crippen LogP contribution is -1.91. The van der Waals surface area contributed by atoms with Crippen LogP contribution in [0, 0.1) is 11.6 Å². The van der Waals surface area contributed by atoms with Crippen LogP contribution >= 0.6 is 11.6 Å². The Morgan fingerprint density at radius 3 is 2.47 bits per heavy atom. The minimum atomic E-state index is -1.25. The Hall–Kier alpha value is -1.88. The first-order valence-electron chi connectivity index (χ1n) is 4.47. The third-order valence-corrected chi connectivity index (χ3v) is 2.40. The van der Waals surface area contributed by atoms with Crippen LogP contribution in [0.5, 0.6) is 0 Å². The Labute approximate surface area is 99.2 Å². The van der Waals surface area contributed by atoms with Gasteiger partial charge in [0, 0.05) is 5.56 Å². The fourth-order valence-corrected chi connectivity index (χ4v) is 1.55. The summed E-state index contributed by atoms with van der Waals surface area (Å²) in [5.74, 6) is -3.66. The van der Waals surface area contributed by atoms with Crippen molar-refractivity contribution in [2.24, 2.45) is 0 Å². The van der Waals surface area contributed by atoms with Crippen molar-refractivity contribution in [1.82, 2.24) is 0 Å². The SMILES string of the molecule is O=C(O)c1ccc(-c2cc(F)c(F)cc2Cl)o1. The summed E-state index contributed by atoms with van der Waals surface area (Å²) in [4.78, 5) is 10.6. The number of hydrogen-bond acceptors (Lipinski definition) is 2. The largest absolute Gasteiger partial charge is 0.475 e. The fraction of sp³-hybridized carbons (Fsp3) is 0. The van der Waals surface area contributed by atoms with E-state index in [1.807, 2.05) is 0 Å². The van der Waals surface area contributed by atoms with Crippen molar-refractivity contribution < 1.29 is 23.1 Å². The smallest absolute Gasteiger partial charge is 0.371 e. The highest BCUT2D eigenvalue weighted by atomic mass is 35.5. The van der Waals surface area contributed by atoms with Gasteiger partial charge in [-0.3, -0.25) is 0 Å². The number of rotatable bonds is 2. The maximum atomic E-state index is 13.0. The first kappa shape index (κ1) is 11.6. The number of aromatic carboxylic acids is 1. The maximum absolute atomic E-state index is 13.0. The van der Waals surface area contributed by atoms with Crippen LogP contribution in [0.25, 0.3) is 11.3 Å². The lowest BCUT2D eigenvalue weighted by atomic mass is 10.1. The third-order valence-electron chi connectivity index (χ3n) is 2.09. The second kappa shape index (κ2) is 4.18. The molecule has 2 rings (SSSR count). The van der Waals surface area contributed by atoms with Crippen LogP contribution in [-0.2, 0) is 0 Å². The van der Waals surface area contributed by atoms with Crippen LogP contribution in [0.1, 0.15) is 10.6 Å². The zero-order valence-corrected chi connectivity index (χ0v) is 8.96. The van der Waals surface area contributed by atoms with E-state index in [1.165, 1.54) is 12.1 Å². The summed E-state index contributed by atoms with van der Waals surface area (Å²) in [6, 6.07) is 4.18. The number of halogens is 3. The molecule has 0 fully saturated rings. The molecule has 17 heavy (non-hydrogen) atoms. The molecule has 0 bridgehead atoms. The number of carboxylic acid groups (broad SMARTS) is 1. The average molecular weight is 259 g/mol. The highest BCUT2D eigenvalue weighted by Crippen LogP contribution is 2.31. The van der Waals surface area contributed by atoms with E-state index in [0.29, 0.717) is 0 Å². The van der Waals surface area contributed by atoms with E-state index in [-0.39, 0.29) is 22.1 Å². The van der Waals surface area contributed by atoms with E-state index in [4.69, 9.17) is 21.1 Å². The number of carbonyl (C=O) groups is 1. The van der Waals surface area contributed by atoms with Crippen molar-refractivity contribution in [3.05, 3.63) is 46.7 Å². The number of hydrogen-bond donors (Lipinski definition) is 1. The highest BCUT2D eigenvalue weighted by molar-refractivity contribution is 6.33. The zero-order chi connectivity index (χ0) is 12.6. The Morgan fingerprint density at radius 1 is 1.24 bits per heavy atom. The summed E-state index contributed by atoms with van der Waals surface area (Å²) in [5, 5.41) is 8.59. The minimum Gasteiger partial charge on any atom is -0.475 e. The van der Waals surface area contributed by atoms with Crippen molar-refractivity contribution in [3.8, 4) is 11.3 Å². The minimum absolute atomic E-state index is 0.0600. The standard InChI is InChI=1S/C11H5ClF2O3/c12-6-4-8(14)7(13)3-5(6)9-1-2-10(17-9)11(15)16/h1-4H,(H,15,16). The van der Waals surface area contributed by atoms with Crippen molar-refractivity contribution in [2.45, 2.75) is 0 Å². The van der Waals surface area contributed by atoms with Gasteiger partial charge >= 0.3 is 5.97 Å². The number of furan rings is 1. The lowest BCUT2D eigenvalue weighted by Gasteiger charge is -2.01. The van der Waals surface area contributed by atoms with Gasteiger partial charge in [-0.05, 0) is 24.3 Å². The first-order valence-corrected chi connectivity index (χ1v) is 4.85. The van der Waals surface area contributed by atoms with Gasteiger partial charge in [-0.1, -0.05) is 11.6 Å². The van der Waals surface area contributed by atoms with Gasteiger partial charge in [0.15, 0.2) is 11.6 Å². The molecule has 0 aliphatic heterocycles. The molecular formula is C11H5ClF2O3. The van der Waals surface area contributed by atoms with Gasteiger partial charge in [-0.15, -0.1) is 0 Å². The molecular weight excluding hydrogens is 254 g/mol. The molecule has 6 heteroatoms. The molecule has 0 unspecified atom stereocenters. The van der Waals surface area contributed by atoms with Gasteiger partial charge in [0.25, 0.3) is 0 Å². The molecule has 2 aromatic rings. The molecule has 1 aromatic heterocycles. The van der Waals surface area contributed by atoms with Crippen molar-refractivity contribution in [3.63, 3.8) is 0 Å². The monoisotopic (exact) mass is 258 g/mol. The summed E-state index contributed by atoms with van der Waals surface area (Å²) in [7, 11) is 0. The van der Waals surface area contributed by atoms with Crippen LogP contribution in [0.3, 0.4) is 0 Å². The summed E-state index contributed by atoms with van der Waals surface area (Å²) in [6.07, 6.45) is 0. The predicted octanol–water partition coefficient (Wildman–Crippen LogP) is 3.58. The number of benzene rings is 1. The Kier molecular flexibility index (Phi) is 2.85. The Balaban J connectivity index is 2.52. The maximum Gasteiger partial charge on any atom is 0.371 e. The lowest BCUT2D eigenvalue weighted by molar-refractivity contribution is 0.0663. The van der Waals surface area contributed by atoms with E-state index in [9.17, 15) is 13.6 Å². The molecule has 1 heterocycles. The van der Waals surface area contributed by atoms with Crippen LogP contribution in [0.4, 0.5) is 8.78 Å². The Morgan fingerprint density at radius 2 is 1.88 bits per heavy atom. The Bertz CT molecular complexity index is 592. The van der Waals surface area contributed by atoms with Crippen LogP contribution in [0.2, 0.25) is 5.02 Å². The van der Waals surface area contributed by atoms with Crippen molar-refractivity contribution in [2.75, 3.05) is 0 Å². The van der Waals surface area contributed by atoms with Crippen molar-refractivity contribution >= 4 is 17.6 Å². The summed E-state index contributed by atoms with van der Waals surface area (Å²) in [6.45, 7) is 0. The van der Waals surface area contributed by atoms with E-state index in [0.717, 1.165) is 12.1 Å². The highest BCUT2D eigenvalue weighted by Gasteiger charge is 2.15. The van der Waals surface area contributed by atoms with Gasteiger partial charge in [0.1, 0.15) is 5.76 Å². The fourth-order valence-electron chi connectivity index (χ4n) is 1.31. The summed E-state index contributed by atoms with van der Waals surface area (Å²) >= 11 is 5.71. The van der Waals surface area contributed by atoms with Crippen molar-refractivity contribution in [1.29, 1.82) is 0 Å². The van der Waals surface area contributed by atoms with Crippen LogP contribution in [-0.4, -0.2) is 11.1 Å².